The normalized spacial score (nSPS) is 10.3. The van der Waals surface area contributed by atoms with E-state index in [0.717, 1.165) is 17.5 Å². The van der Waals surface area contributed by atoms with E-state index in [1.54, 1.807) is 6.08 Å². The summed E-state index contributed by atoms with van der Waals surface area (Å²) in [6.07, 6.45) is 6.47. The van der Waals surface area contributed by atoms with Gasteiger partial charge in [-0.15, -0.1) is 0 Å². The predicted octanol–water partition coefficient (Wildman–Crippen LogP) is 6.40. The molecule has 0 aliphatic carbocycles. The molecule has 0 spiro atoms. The van der Waals surface area contributed by atoms with E-state index < -0.39 is 0 Å². The van der Waals surface area contributed by atoms with Crippen molar-refractivity contribution in [2.24, 2.45) is 0 Å². The van der Waals surface area contributed by atoms with Gasteiger partial charge in [0.25, 0.3) is 11.8 Å². The summed E-state index contributed by atoms with van der Waals surface area (Å²) >= 11 is 0. The van der Waals surface area contributed by atoms with Crippen LogP contribution < -0.4 is 0 Å². The number of amides is 2. The minimum Gasteiger partial charge on any atom is -0.339 e. The monoisotopic (exact) mass is 434 g/mol. The zero-order chi connectivity index (χ0) is 23.9. The fourth-order valence-corrected chi connectivity index (χ4v) is 3.42. The van der Waals surface area contributed by atoms with Crippen molar-refractivity contribution in [1.82, 2.24) is 9.80 Å². The van der Waals surface area contributed by atoms with Gasteiger partial charge in [-0.1, -0.05) is 62.9 Å². The molecule has 2 aromatic carbocycles. The minimum absolute atomic E-state index is 0.0105. The molecule has 0 N–H and O–H groups in total. The van der Waals surface area contributed by atoms with Crippen LogP contribution in [0.4, 0.5) is 0 Å². The van der Waals surface area contributed by atoms with Crippen molar-refractivity contribution >= 4 is 24.0 Å². The average molecular weight is 435 g/mol. The Labute approximate surface area is 194 Å². The first kappa shape index (κ1) is 26.9. The predicted molar refractivity (Wildman–Crippen MR) is 137 cm³/mol. The van der Waals surface area contributed by atoms with E-state index >= 15 is 0 Å². The Kier molecular flexibility index (Phi) is 12.4. The number of allylic oxidation sites excluding steroid dienone is 1. The van der Waals surface area contributed by atoms with Crippen LogP contribution in [-0.2, 0) is 0 Å². The lowest BCUT2D eigenvalue weighted by atomic mass is 10.0. The van der Waals surface area contributed by atoms with Crippen molar-refractivity contribution in [1.29, 1.82) is 0 Å². The maximum atomic E-state index is 13.0. The Morgan fingerprint density at radius 2 is 1.41 bits per heavy atom. The molecule has 2 amide bonds. The van der Waals surface area contributed by atoms with Crippen molar-refractivity contribution in [3.8, 4) is 0 Å². The van der Waals surface area contributed by atoms with Crippen molar-refractivity contribution in [3.63, 3.8) is 0 Å². The molecule has 0 radical (unpaired) electrons. The molecule has 172 valence electrons. The quantitative estimate of drug-likeness (QED) is 0.434. The molecule has 0 fully saturated rings. The summed E-state index contributed by atoms with van der Waals surface area (Å²) < 4.78 is 0. The van der Waals surface area contributed by atoms with Gasteiger partial charge in [-0.2, -0.15) is 0 Å². The summed E-state index contributed by atoms with van der Waals surface area (Å²) in [5.74, 6) is 0.0415. The second-order valence-corrected chi connectivity index (χ2v) is 7.04. The zero-order valence-electron chi connectivity index (χ0n) is 20.3. The maximum Gasteiger partial charge on any atom is 0.253 e. The van der Waals surface area contributed by atoms with Gasteiger partial charge in [-0.05, 0) is 62.6 Å². The van der Waals surface area contributed by atoms with Crippen LogP contribution in [0.3, 0.4) is 0 Å². The molecule has 2 aromatic rings. The molecule has 0 saturated heterocycles. The molecule has 0 unspecified atom stereocenters. The number of benzene rings is 2. The molecule has 32 heavy (non-hydrogen) atoms. The van der Waals surface area contributed by atoms with Gasteiger partial charge in [-0.25, -0.2) is 0 Å². The molecule has 4 nitrogen and oxygen atoms in total. The number of nitrogens with zero attached hydrogens (tertiary/aromatic N) is 2. The average Bonchev–Trinajstić information content (AvgIpc) is 2.85. The molecule has 0 atom stereocenters. The third kappa shape index (κ3) is 7.52. The van der Waals surface area contributed by atoms with Crippen LogP contribution in [-0.4, -0.2) is 47.8 Å². The van der Waals surface area contributed by atoms with Gasteiger partial charge in [0.15, 0.2) is 0 Å². The first-order valence-corrected chi connectivity index (χ1v) is 11.6. The summed E-state index contributed by atoms with van der Waals surface area (Å²) in [6.45, 7) is 16.2. The molecule has 0 bridgehead atoms. The van der Waals surface area contributed by atoms with Gasteiger partial charge in [0.05, 0.1) is 0 Å². The molecule has 2 rings (SSSR count). The number of carbonyl (C=O) groups is 2. The molecule has 0 aromatic heterocycles. The third-order valence-electron chi connectivity index (χ3n) is 5.11. The largest absolute Gasteiger partial charge is 0.339 e. The van der Waals surface area contributed by atoms with Gasteiger partial charge in [0, 0.05) is 37.3 Å². The van der Waals surface area contributed by atoms with Crippen molar-refractivity contribution in [3.05, 3.63) is 83.4 Å². The SMILES string of the molecule is C=Cc1ccc(C(=O)N(CC)CCCN(CC)C(=O)c2ccccc2)cc1/C=C\C.CC. The highest BCUT2D eigenvalue weighted by Crippen LogP contribution is 2.17. The van der Waals surface area contributed by atoms with E-state index in [1.807, 2.05) is 105 Å². The molecule has 0 aliphatic heterocycles. The Morgan fingerprint density at radius 1 is 0.844 bits per heavy atom. The highest BCUT2D eigenvalue weighted by molar-refractivity contribution is 5.95. The molecule has 0 aliphatic rings. The van der Waals surface area contributed by atoms with E-state index in [0.29, 0.717) is 37.3 Å². The van der Waals surface area contributed by atoms with Crippen LogP contribution in [0.5, 0.6) is 0 Å². The smallest absolute Gasteiger partial charge is 0.253 e. The lowest BCUT2D eigenvalue weighted by Crippen LogP contribution is -2.36. The summed E-state index contributed by atoms with van der Waals surface area (Å²) in [4.78, 5) is 29.4. The Balaban J connectivity index is 0.00000249. The third-order valence-corrected chi connectivity index (χ3v) is 5.11. The van der Waals surface area contributed by atoms with Crippen LogP contribution in [0.1, 0.15) is 72.9 Å². The number of rotatable bonds is 10. The maximum absolute atomic E-state index is 13.0. The topological polar surface area (TPSA) is 40.6 Å². The lowest BCUT2D eigenvalue weighted by molar-refractivity contribution is 0.0727. The fraction of sp³-hybridized carbons (Fsp3) is 0.357. The minimum atomic E-state index is 0.0105. The van der Waals surface area contributed by atoms with Gasteiger partial charge in [-0.3, -0.25) is 9.59 Å². The Hall–Kier alpha value is -3.14. The van der Waals surface area contributed by atoms with Gasteiger partial charge in [0.2, 0.25) is 0 Å². The van der Waals surface area contributed by atoms with E-state index in [4.69, 9.17) is 0 Å². The van der Waals surface area contributed by atoms with Crippen molar-refractivity contribution in [2.75, 3.05) is 26.2 Å². The summed E-state index contributed by atoms with van der Waals surface area (Å²) in [7, 11) is 0. The van der Waals surface area contributed by atoms with Crippen molar-refractivity contribution in [2.45, 2.75) is 41.0 Å². The van der Waals surface area contributed by atoms with Crippen LogP contribution >= 0.6 is 0 Å². The van der Waals surface area contributed by atoms with Gasteiger partial charge >= 0.3 is 0 Å². The first-order valence-electron chi connectivity index (χ1n) is 11.6. The Morgan fingerprint density at radius 3 is 1.91 bits per heavy atom. The molecule has 0 heterocycles. The van der Waals surface area contributed by atoms with Crippen molar-refractivity contribution < 1.29 is 9.59 Å². The van der Waals surface area contributed by atoms with Crippen LogP contribution in [0.2, 0.25) is 0 Å². The van der Waals surface area contributed by atoms with Crippen LogP contribution in [0.25, 0.3) is 12.2 Å². The summed E-state index contributed by atoms with van der Waals surface area (Å²) in [5.41, 5.74) is 3.36. The number of hydrogen-bond donors (Lipinski definition) is 0. The summed E-state index contributed by atoms with van der Waals surface area (Å²) in [5, 5.41) is 0. The van der Waals surface area contributed by atoms with E-state index in [1.165, 1.54) is 0 Å². The van der Waals surface area contributed by atoms with E-state index in [-0.39, 0.29) is 11.8 Å². The second kappa shape index (κ2) is 14.8. The van der Waals surface area contributed by atoms with E-state index in [9.17, 15) is 9.59 Å². The zero-order valence-corrected chi connectivity index (χ0v) is 20.3. The summed E-state index contributed by atoms with van der Waals surface area (Å²) in [6, 6.07) is 15.0. The highest BCUT2D eigenvalue weighted by Gasteiger charge is 2.17. The standard InChI is InChI=1S/C26H32N2O2.C2H6/c1-5-13-23-20-24(17-16-21(23)6-2)26(30)28(8-4)19-12-18-27(7-3)25(29)22-14-10-9-11-15-22;1-2/h5-6,9-11,13-17,20H,2,7-8,12,18-19H2,1,3-4H3;1-2H3/b13-5-;. The lowest BCUT2D eigenvalue weighted by Gasteiger charge is -2.25. The van der Waals surface area contributed by atoms with Crippen LogP contribution in [0, 0.1) is 0 Å². The fourth-order valence-electron chi connectivity index (χ4n) is 3.42. The first-order chi connectivity index (χ1) is 15.5. The Bertz CT molecular complexity index is 888. The van der Waals surface area contributed by atoms with E-state index in [2.05, 4.69) is 6.58 Å². The number of carbonyl (C=O) groups excluding carboxylic acids is 2. The van der Waals surface area contributed by atoms with Gasteiger partial charge in [0.1, 0.15) is 0 Å². The molecular weight excluding hydrogens is 396 g/mol. The second-order valence-electron chi connectivity index (χ2n) is 7.04. The highest BCUT2D eigenvalue weighted by atomic mass is 16.2. The number of hydrogen-bond acceptors (Lipinski definition) is 2. The van der Waals surface area contributed by atoms with Crippen LogP contribution in [0.15, 0.2) is 61.2 Å². The molecular formula is C28H38N2O2. The molecule has 0 saturated carbocycles. The molecule has 4 heteroatoms. The van der Waals surface area contributed by atoms with Gasteiger partial charge < -0.3 is 9.80 Å².